The van der Waals surface area contributed by atoms with Gasteiger partial charge in [-0.1, -0.05) is 149 Å². The summed E-state index contributed by atoms with van der Waals surface area (Å²) < 4.78 is 77.2. The molecule has 10 rings (SSSR count). The smallest absolute Gasteiger partial charge is 0.376 e. The van der Waals surface area contributed by atoms with Crippen LogP contribution in [0.2, 0.25) is 13.6 Å². The lowest BCUT2D eigenvalue weighted by molar-refractivity contribution is 0.180. The van der Waals surface area contributed by atoms with E-state index in [9.17, 15) is 35.3 Å². The molecular weight excluding hydrogens is 1320 g/mol. The van der Waals surface area contributed by atoms with Gasteiger partial charge in [0.05, 0.1) is 35.8 Å². The van der Waals surface area contributed by atoms with Crippen LogP contribution in [0.1, 0.15) is 69.4 Å². The Morgan fingerprint density at radius 2 is 0.884 bits per heavy atom. The first kappa shape index (κ1) is 79.9. The molecule has 0 saturated carbocycles. The van der Waals surface area contributed by atoms with Crippen molar-refractivity contribution < 1.29 is 40.5 Å². The normalized spacial score (nSPS) is 18.5. The summed E-state index contributed by atoms with van der Waals surface area (Å²) in [6.07, 6.45) is 16.1. The minimum Gasteiger partial charge on any atom is -0.437 e. The van der Waals surface area contributed by atoms with Crippen LogP contribution in [-0.2, 0) is 42.9 Å². The molecule has 0 amide bonds. The average molecular weight is 1430 g/mol. The van der Waals surface area contributed by atoms with Crippen molar-refractivity contribution in [3.05, 3.63) is 193 Å². The van der Waals surface area contributed by atoms with Gasteiger partial charge in [-0.2, -0.15) is 0 Å². The number of hydrogen-bond acceptors (Lipinski definition) is 15. The quantitative estimate of drug-likeness (QED) is 0.0140. The van der Waals surface area contributed by atoms with E-state index in [1.807, 2.05) is 133 Å². The number of hydrogen-bond donors (Lipinski definition) is 5. The molecule has 18 nitrogen and oxygen atoms in total. The Bertz CT molecular complexity index is 3360. The third-order valence-electron chi connectivity index (χ3n) is 17.0. The largest absolute Gasteiger partial charge is 0.437 e. The van der Waals surface area contributed by atoms with Crippen molar-refractivity contribution in [3.63, 3.8) is 0 Å². The predicted molar refractivity (Wildman–Crippen MR) is 402 cm³/mol. The first-order chi connectivity index (χ1) is 45.6. The lowest BCUT2D eigenvalue weighted by Crippen LogP contribution is -2.47. The third-order valence-corrected chi connectivity index (χ3v) is 20.9. The molecular formula is C71H106B2BrN9O9S3. The summed E-state index contributed by atoms with van der Waals surface area (Å²) in [5.74, 6) is 1.64. The fourth-order valence-electron chi connectivity index (χ4n) is 12.1. The van der Waals surface area contributed by atoms with E-state index in [0.717, 1.165) is 134 Å². The molecule has 0 aromatic heterocycles. The lowest BCUT2D eigenvalue weighted by Gasteiger charge is -2.36. The minimum absolute atomic E-state index is 0.239. The van der Waals surface area contributed by atoms with Gasteiger partial charge in [0.2, 0.25) is 30.1 Å². The number of benzene rings is 6. The number of piperidine rings is 4. The van der Waals surface area contributed by atoms with Crippen LogP contribution in [0.15, 0.2) is 187 Å². The van der Waals surface area contributed by atoms with Crippen molar-refractivity contribution in [1.29, 1.82) is 0 Å². The van der Waals surface area contributed by atoms with E-state index in [1.165, 1.54) is 63.2 Å². The maximum Gasteiger partial charge on any atom is 0.376 e. The molecule has 0 unspecified atom stereocenters. The molecule has 0 bridgehead atoms. The summed E-state index contributed by atoms with van der Waals surface area (Å²) >= 11 is 3.39. The number of sulfonamides is 3. The summed E-state index contributed by atoms with van der Waals surface area (Å²) in [6, 6.07) is 59.3. The lowest BCUT2D eigenvalue weighted by atomic mass is 9.80. The molecule has 4 atom stereocenters. The van der Waals surface area contributed by atoms with Crippen LogP contribution in [0.4, 0.5) is 22.7 Å². The van der Waals surface area contributed by atoms with Crippen LogP contribution < -0.4 is 23.5 Å². The number of likely N-dealkylation sites (tertiary alicyclic amines) is 1. The Balaban J connectivity index is 0.000000218. The highest BCUT2D eigenvalue weighted by molar-refractivity contribution is 9.09. The Labute approximate surface area is 579 Å². The van der Waals surface area contributed by atoms with Crippen molar-refractivity contribution in [1.82, 2.24) is 19.8 Å². The molecule has 0 radical (unpaired) electrons. The van der Waals surface area contributed by atoms with Crippen LogP contribution in [0.5, 0.6) is 0 Å². The van der Waals surface area contributed by atoms with Crippen LogP contribution in [0.3, 0.4) is 0 Å². The van der Waals surface area contributed by atoms with Gasteiger partial charge in [-0.05, 0) is 214 Å². The van der Waals surface area contributed by atoms with Crippen molar-refractivity contribution in [2.24, 2.45) is 28.8 Å². The third kappa shape index (κ3) is 31.5. The molecule has 95 heavy (non-hydrogen) atoms. The van der Waals surface area contributed by atoms with Crippen LogP contribution in [0, 0.1) is 23.7 Å². The summed E-state index contributed by atoms with van der Waals surface area (Å²) in [5, 5.41) is 37.2. The zero-order valence-corrected chi connectivity index (χ0v) is 60.9. The summed E-state index contributed by atoms with van der Waals surface area (Å²) in [7, 11) is -10.6. The monoisotopic (exact) mass is 1430 g/mol. The van der Waals surface area contributed by atoms with Gasteiger partial charge in [0, 0.05) is 56.5 Å². The Morgan fingerprint density at radius 3 is 1.27 bits per heavy atom. The molecule has 4 aliphatic heterocycles. The number of halogens is 1. The Morgan fingerprint density at radius 1 is 0.526 bits per heavy atom. The van der Waals surface area contributed by atoms with E-state index < -0.39 is 37.1 Å². The van der Waals surface area contributed by atoms with Crippen LogP contribution >= 0.6 is 15.9 Å². The number of anilines is 4. The molecule has 4 heterocycles. The Kier molecular flexibility index (Phi) is 36.6. The highest BCUT2D eigenvalue weighted by Crippen LogP contribution is 2.27. The number of nitrogens with one attached hydrogen (secondary N) is 2. The second-order valence-corrected chi connectivity index (χ2v) is 31.5. The number of oxime groups is 1. The number of rotatable bonds is 22. The second kappa shape index (κ2) is 43.5. The molecule has 520 valence electrons. The maximum atomic E-state index is 12.3. The topological polar surface area (TPSA) is 219 Å². The van der Waals surface area contributed by atoms with E-state index in [2.05, 4.69) is 102 Å². The number of para-hydroxylation sites is 4. The zero-order valence-electron chi connectivity index (χ0n) is 56.9. The first-order valence-electron chi connectivity index (χ1n) is 33.5. The number of alkyl halides is 1. The fourth-order valence-corrected chi connectivity index (χ4v) is 15.5. The maximum absolute atomic E-state index is 12.3. The molecule has 6 aromatic rings. The van der Waals surface area contributed by atoms with E-state index in [-0.39, 0.29) is 13.0 Å². The molecule has 5 N–H and O–H groups in total. The van der Waals surface area contributed by atoms with Gasteiger partial charge in [0.25, 0.3) is 0 Å². The highest BCUT2D eigenvalue weighted by Gasteiger charge is 2.30. The molecule has 0 aliphatic carbocycles. The van der Waals surface area contributed by atoms with Gasteiger partial charge in [0.1, 0.15) is 0 Å². The fraction of sp³-hybridized carbons (Fsp3) is 0.479. The standard InChI is InChI=1S/C21H28N2O2S.C14H23BN2O3S.C13H21BN2O.C13H20N2O2S.C8H9Br.C2H5NO/c1-26(24,25)23(21-12-6-3-7-13-21)18-20-11-8-15-22(17-20)16-14-19-9-4-2-5-10-19;1-15(18)16-10-6-7-13(11-16)12-17(21(2,19)20)14-8-4-3-5-9-14;1-14(17)16-9-5-6-12(11-16)10-15-13-7-3-2-4-8-13;1-18(16,17)15(13-7-3-2-4-8-13)11-12-6-5-9-14-10-12;9-7-6-8-4-2-1-3-5-8;1-2-3-4/h2-7,9-10,12-13,20H,8,11,14-18H2,1H3;3-5,8-9,13,18H,6-7,10-12H2,1-2H3;2-4,7-8,12,15,17H,5-6,9-11H2,1H3;2-4,7-8,12,14H,5-6,9-11H2,1H3;1-5H,6-7H2;2,4H,1H3/b;;;;;3-2+/t20-;13-;2*12-;;/m1101../s1. The van der Waals surface area contributed by atoms with Gasteiger partial charge in [-0.3, -0.25) is 12.9 Å². The average Bonchev–Trinajstić information content (AvgIpc) is 1.17. The minimum atomic E-state index is -3.30. The molecule has 4 saturated heterocycles. The van der Waals surface area contributed by atoms with Gasteiger partial charge in [-0.15, -0.1) is 5.16 Å². The summed E-state index contributed by atoms with van der Waals surface area (Å²) in [6.45, 7) is 16.5. The van der Waals surface area contributed by atoms with Crippen molar-refractivity contribution in [3.8, 4) is 0 Å². The van der Waals surface area contributed by atoms with E-state index in [1.54, 1.807) is 18.1 Å². The zero-order chi connectivity index (χ0) is 68.9. The SMILES string of the molecule is BrCCc1ccccc1.C/C=N/O.CB(O)N1CCC[C@@H](CN(c2ccccc2)S(C)(=O)=O)C1.CB(O)N1CCC[C@@H](CNc2ccccc2)C1.CS(=O)(=O)N(C[C@@H]1CCCN(CCc2ccccc2)C1)c1ccccc1.CS(=O)(=O)N(C[C@@H]1CCCNC1)c1ccccc1. The van der Waals surface area contributed by atoms with E-state index in [4.69, 9.17) is 5.21 Å². The molecule has 24 heteroatoms. The molecule has 0 spiro atoms. The first-order valence-corrected chi connectivity index (χ1v) is 40.1. The molecule has 4 fully saturated rings. The Hall–Kier alpha value is -5.79. The van der Waals surface area contributed by atoms with Gasteiger partial charge < -0.3 is 40.4 Å². The molecule has 6 aromatic carbocycles. The summed E-state index contributed by atoms with van der Waals surface area (Å²) in [4.78, 5) is 6.63. The van der Waals surface area contributed by atoms with Crippen molar-refractivity contribution >= 4 is 89.1 Å². The van der Waals surface area contributed by atoms with Crippen molar-refractivity contribution in [2.75, 3.05) is 127 Å². The van der Waals surface area contributed by atoms with Crippen LogP contribution in [-0.4, -0.2) is 185 Å². The van der Waals surface area contributed by atoms with Gasteiger partial charge >= 0.3 is 14.1 Å². The second-order valence-electron chi connectivity index (χ2n) is 25.0. The van der Waals surface area contributed by atoms with E-state index in [0.29, 0.717) is 43.1 Å². The van der Waals surface area contributed by atoms with Crippen LogP contribution in [0.25, 0.3) is 0 Å². The van der Waals surface area contributed by atoms with E-state index >= 15 is 0 Å². The summed E-state index contributed by atoms with van der Waals surface area (Å²) in [5.41, 5.74) is 6.16. The number of aryl methyl sites for hydroxylation is 1. The highest BCUT2D eigenvalue weighted by atomic mass is 79.9. The van der Waals surface area contributed by atoms with Gasteiger partial charge in [-0.25, -0.2) is 25.3 Å². The number of nitrogens with zero attached hydrogens (tertiary/aromatic N) is 7. The van der Waals surface area contributed by atoms with Crippen molar-refractivity contribution in [2.45, 2.75) is 84.8 Å². The molecule has 4 aliphatic rings. The predicted octanol–water partition coefficient (Wildman–Crippen LogP) is 11.1. The van der Waals surface area contributed by atoms with Gasteiger partial charge in [0.15, 0.2) is 0 Å².